The molecule has 2 aliphatic rings. The van der Waals surface area contributed by atoms with Crippen LogP contribution in [0.15, 0.2) is 83.5 Å². The molecular weight excluding hydrogens is 490 g/mol. The van der Waals surface area contributed by atoms with E-state index in [2.05, 4.69) is 33.2 Å². The van der Waals surface area contributed by atoms with Gasteiger partial charge in [-0.3, -0.25) is 4.79 Å². The largest absolute Gasteiger partial charge is 0.497 e. The second-order valence-electron chi connectivity index (χ2n) is 8.99. The van der Waals surface area contributed by atoms with Crippen LogP contribution in [0.3, 0.4) is 0 Å². The summed E-state index contributed by atoms with van der Waals surface area (Å²) in [6, 6.07) is 24.4. The number of fused-ring (bicyclic) bond motifs is 2. The predicted molar refractivity (Wildman–Crippen MR) is 136 cm³/mol. The Morgan fingerprint density at radius 2 is 1.79 bits per heavy atom. The molecule has 1 aromatic heterocycles. The highest BCUT2D eigenvalue weighted by Gasteiger charge is 2.55. The van der Waals surface area contributed by atoms with Crippen LogP contribution in [0.2, 0.25) is 0 Å². The van der Waals surface area contributed by atoms with Gasteiger partial charge >= 0.3 is 0 Å². The number of ether oxygens (including phenoxy) is 1. The Labute approximate surface area is 207 Å². The van der Waals surface area contributed by atoms with E-state index >= 15 is 0 Å². The Bertz CT molecular complexity index is 1370. The Hall–Kier alpha value is -3.38. The maximum atomic E-state index is 13.8. The van der Waals surface area contributed by atoms with E-state index in [-0.39, 0.29) is 5.91 Å². The number of hydrogen-bond acceptors (Lipinski definition) is 3. The van der Waals surface area contributed by atoms with E-state index in [1.807, 2.05) is 76.4 Å². The second kappa shape index (κ2) is 8.13. The topological polar surface area (TPSA) is 47.4 Å². The third-order valence-electron chi connectivity index (χ3n) is 7.15. The fourth-order valence-electron chi connectivity index (χ4n) is 5.24. The van der Waals surface area contributed by atoms with Crippen LogP contribution in [-0.2, 0) is 16.8 Å². The Balaban J connectivity index is 1.44. The molecule has 0 saturated heterocycles. The zero-order chi connectivity index (χ0) is 23.3. The van der Waals surface area contributed by atoms with Crippen LogP contribution in [0.1, 0.15) is 30.4 Å². The van der Waals surface area contributed by atoms with Crippen molar-refractivity contribution >= 4 is 27.5 Å². The predicted octanol–water partition coefficient (Wildman–Crippen LogP) is 6.28. The van der Waals surface area contributed by atoms with Gasteiger partial charge in [0, 0.05) is 10.0 Å². The third-order valence-corrected chi connectivity index (χ3v) is 7.75. The lowest BCUT2D eigenvalue weighted by Gasteiger charge is -2.37. The normalized spacial score (nSPS) is 15.9. The molecule has 1 amide bonds. The molecule has 170 valence electrons. The van der Waals surface area contributed by atoms with Crippen molar-refractivity contribution < 1.29 is 9.53 Å². The maximum absolute atomic E-state index is 13.8. The van der Waals surface area contributed by atoms with Crippen LogP contribution >= 0.6 is 15.9 Å². The van der Waals surface area contributed by atoms with Crippen molar-refractivity contribution in [1.29, 1.82) is 0 Å². The Kier molecular flexibility index (Phi) is 5.06. The van der Waals surface area contributed by atoms with Crippen molar-refractivity contribution in [3.8, 4) is 22.7 Å². The number of amides is 1. The van der Waals surface area contributed by atoms with Gasteiger partial charge in [-0.2, -0.15) is 5.10 Å². The summed E-state index contributed by atoms with van der Waals surface area (Å²) in [4.78, 5) is 15.8. The summed E-state index contributed by atoms with van der Waals surface area (Å²) in [7, 11) is 1.66. The zero-order valence-electron chi connectivity index (χ0n) is 18.9. The average molecular weight is 514 g/mol. The van der Waals surface area contributed by atoms with Crippen molar-refractivity contribution in [2.75, 3.05) is 12.0 Å². The summed E-state index contributed by atoms with van der Waals surface area (Å²) in [5.41, 5.74) is 5.85. The van der Waals surface area contributed by atoms with E-state index in [4.69, 9.17) is 4.74 Å². The van der Waals surface area contributed by atoms with Crippen molar-refractivity contribution in [2.45, 2.75) is 31.2 Å². The summed E-state index contributed by atoms with van der Waals surface area (Å²) in [5, 5.41) is 4.57. The summed E-state index contributed by atoms with van der Waals surface area (Å²) < 4.78 is 8.18. The lowest BCUT2D eigenvalue weighted by atomic mass is 9.65. The van der Waals surface area contributed by atoms with E-state index < -0.39 is 5.41 Å². The molecule has 0 atom stereocenters. The van der Waals surface area contributed by atoms with Gasteiger partial charge in [-0.05, 0) is 82.4 Å². The minimum Gasteiger partial charge on any atom is -0.497 e. The standard InChI is InChI=1S/C28H24BrN3O2/c1-34-22-10-8-19(9-11-22)18-31-26-23(28(27(31)33)13-5-14-28)16-20(17-24(26)29)25-12-15-30-32(25)21-6-3-2-4-7-21/h2-4,6-12,15-17H,5,13-14,18H2,1H3. The van der Waals surface area contributed by atoms with E-state index in [1.54, 1.807) is 7.11 Å². The second-order valence-corrected chi connectivity index (χ2v) is 9.85. The molecule has 1 aliphatic carbocycles. The first-order chi connectivity index (χ1) is 16.6. The molecule has 34 heavy (non-hydrogen) atoms. The van der Waals surface area contributed by atoms with Crippen molar-refractivity contribution in [2.24, 2.45) is 0 Å². The lowest BCUT2D eigenvalue weighted by molar-refractivity contribution is -0.126. The highest BCUT2D eigenvalue weighted by molar-refractivity contribution is 9.10. The van der Waals surface area contributed by atoms with E-state index in [0.29, 0.717) is 6.54 Å². The highest BCUT2D eigenvalue weighted by Crippen LogP contribution is 2.56. The van der Waals surface area contributed by atoms with E-state index in [0.717, 1.165) is 63.2 Å². The molecule has 0 N–H and O–H groups in total. The molecular formula is C28H24BrN3O2. The summed E-state index contributed by atoms with van der Waals surface area (Å²) in [6.45, 7) is 0.539. The number of rotatable bonds is 5. The highest BCUT2D eigenvalue weighted by atomic mass is 79.9. The molecule has 6 rings (SSSR count). The number of carbonyl (C=O) groups is 1. The van der Waals surface area contributed by atoms with Gasteiger partial charge in [0.1, 0.15) is 5.75 Å². The van der Waals surface area contributed by atoms with Gasteiger partial charge in [-0.15, -0.1) is 0 Å². The molecule has 1 spiro atoms. The molecule has 2 heterocycles. The Morgan fingerprint density at radius 3 is 2.47 bits per heavy atom. The summed E-state index contributed by atoms with van der Waals surface area (Å²) in [5.74, 6) is 1.02. The van der Waals surface area contributed by atoms with Gasteiger partial charge in [0.2, 0.25) is 5.91 Å². The van der Waals surface area contributed by atoms with E-state index in [1.165, 1.54) is 0 Å². The van der Waals surface area contributed by atoms with Crippen LogP contribution in [0.5, 0.6) is 5.75 Å². The number of nitrogens with zero attached hydrogens (tertiary/aromatic N) is 3. The number of carbonyl (C=O) groups excluding carboxylic acids is 1. The molecule has 1 saturated carbocycles. The zero-order valence-corrected chi connectivity index (χ0v) is 20.5. The molecule has 4 aromatic rings. The first-order valence-corrected chi connectivity index (χ1v) is 12.3. The maximum Gasteiger partial charge on any atom is 0.238 e. The fourth-order valence-corrected chi connectivity index (χ4v) is 5.91. The first kappa shape index (κ1) is 21.2. The number of hydrogen-bond donors (Lipinski definition) is 0. The fraction of sp³-hybridized carbons (Fsp3) is 0.214. The number of anilines is 1. The first-order valence-electron chi connectivity index (χ1n) is 11.5. The molecule has 0 bridgehead atoms. The van der Waals surface area contributed by atoms with Gasteiger partial charge in [0.15, 0.2) is 0 Å². The number of methoxy groups -OCH3 is 1. The van der Waals surface area contributed by atoms with Crippen molar-refractivity contribution in [3.05, 3.63) is 94.6 Å². The van der Waals surface area contributed by atoms with Gasteiger partial charge in [0.05, 0.1) is 42.3 Å². The average Bonchev–Trinajstić information content (AvgIpc) is 3.42. The van der Waals surface area contributed by atoms with Crippen LogP contribution in [0, 0.1) is 0 Å². The molecule has 0 unspecified atom stereocenters. The minimum absolute atomic E-state index is 0.207. The number of aromatic nitrogens is 2. The number of halogens is 1. The van der Waals surface area contributed by atoms with Crippen LogP contribution in [0.25, 0.3) is 16.9 Å². The minimum atomic E-state index is -0.419. The third kappa shape index (κ3) is 3.20. The monoisotopic (exact) mass is 513 g/mol. The summed E-state index contributed by atoms with van der Waals surface area (Å²) >= 11 is 3.83. The van der Waals surface area contributed by atoms with Gasteiger partial charge in [-0.1, -0.05) is 36.8 Å². The molecule has 1 aliphatic heterocycles. The molecule has 0 radical (unpaired) electrons. The van der Waals surface area contributed by atoms with Gasteiger partial charge in [0.25, 0.3) is 0 Å². The van der Waals surface area contributed by atoms with Crippen molar-refractivity contribution in [3.63, 3.8) is 0 Å². The van der Waals surface area contributed by atoms with Gasteiger partial charge in [-0.25, -0.2) is 4.68 Å². The molecule has 5 nitrogen and oxygen atoms in total. The number of benzene rings is 3. The van der Waals surface area contributed by atoms with Crippen LogP contribution < -0.4 is 9.64 Å². The van der Waals surface area contributed by atoms with E-state index in [9.17, 15) is 4.79 Å². The van der Waals surface area contributed by atoms with Crippen molar-refractivity contribution in [1.82, 2.24) is 9.78 Å². The van der Waals surface area contributed by atoms with Gasteiger partial charge < -0.3 is 9.64 Å². The SMILES string of the molecule is COc1ccc(CN2C(=O)C3(CCC3)c3cc(-c4ccnn4-c4ccccc4)cc(Br)c32)cc1. The number of para-hydroxylation sites is 1. The van der Waals surface area contributed by atoms with Crippen LogP contribution in [-0.4, -0.2) is 22.8 Å². The molecule has 6 heteroatoms. The quantitative estimate of drug-likeness (QED) is 0.315. The Morgan fingerprint density at radius 1 is 1.03 bits per heavy atom. The molecule has 1 fully saturated rings. The molecule has 3 aromatic carbocycles. The smallest absolute Gasteiger partial charge is 0.238 e. The lowest BCUT2D eigenvalue weighted by Crippen LogP contribution is -2.44. The van der Waals surface area contributed by atoms with Crippen LogP contribution in [0.4, 0.5) is 5.69 Å². The summed E-state index contributed by atoms with van der Waals surface area (Å²) in [6.07, 6.45) is 4.69.